The Kier molecular flexibility index (Phi) is 5.66. The van der Waals surface area contributed by atoms with Gasteiger partial charge < -0.3 is 10.1 Å². The number of nitrogens with one attached hydrogen (secondary N) is 1. The number of fused-ring (bicyclic) bond motifs is 1. The zero-order chi connectivity index (χ0) is 19.4. The molecular weight excluding hydrogens is 346 g/mol. The van der Waals surface area contributed by atoms with Gasteiger partial charge in [0, 0.05) is 26.1 Å². The number of rotatable bonds is 7. The van der Waals surface area contributed by atoms with Crippen molar-refractivity contribution in [2.75, 3.05) is 13.7 Å². The number of aromatic nitrogens is 4. The normalized spacial score (nSPS) is 12.3. The van der Waals surface area contributed by atoms with Gasteiger partial charge in [0.2, 0.25) is 5.91 Å². The van der Waals surface area contributed by atoms with Gasteiger partial charge in [-0.2, -0.15) is 5.10 Å². The van der Waals surface area contributed by atoms with Gasteiger partial charge in [0.1, 0.15) is 11.2 Å². The Morgan fingerprint density at radius 2 is 2.04 bits per heavy atom. The van der Waals surface area contributed by atoms with Crippen LogP contribution < -0.4 is 10.9 Å². The van der Waals surface area contributed by atoms with E-state index >= 15 is 0 Å². The first kappa shape index (κ1) is 18.8. The largest absolute Gasteiger partial charge is 0.383 e. The number of amides is 1. The quantitative estimate of drug-likeness (QED) is 0.680. The molecule has 0 saturated carbocycles. The highest BCUT2D eigenvalue weighted by Gasteiger charge is 2.15. The van der Waals surface area contributed by atoms with Crippen LogP contribution in [0, 0.1) is 6.92 Å². The van der Waals surface area contributed by atoms with E-state index in [1.54, 1.807) is 18.7 Å². The van der Waals surface area contributed by atoms with E-state index in [1.165, 1.54) is 10.8 Å². The zero-order valence-corrected chi connectivity index (χ0v) is 15.7. The van der Waals surface area contributed by atoms with Crippen LogP contribution in [0.2, 0.25) is 0 Å². The van der Waals surface area contributed by atoms with Crippen LogP contribution in [0.3, 0.4) is 0 Å². The van der Waals surface area contributed by atoms with Gasteiger partial charge in [-0.25, -0.2) is 9.67 Å². The predicted molar refractivity (Wildman–Crippen MR) is 102 cm³/mol. The van der Waals surface area contributed by atoms with E-state index in [2.05, 4.69) is 15.4 Å². The first-order valence-corrected chi connectivity index (χ1v) is 8.80. The molecule has 0 saturated heterocycles. The second-order valence-corrected chi connectivity index (χ2v) is 6.42. The molecule has 2 aromatic heterocycles. The number of nitrogens with zero attached hydrogens (tertiary/aromatic N) is 4. The van der Waals surface area contributed by atoms with E-state index in [9.17, 15) is 9.59 Å². The number of benzene rings is 1. The van der Waals surface area contributed by atoms with Crippen LogP contribution in [0.25, 0.3) is 16.7 Å². The van der Waals surface area contributed by atoms with Gasteiger partial charge in [0.05, 0.1) is 18.5 Å². The number of para-hydroxylation sites is 1. The van der Waals surface area contributed by atoms with Crippen molar-refractivity contribution in [3.8, 4) is 5.69 Å². The SMILES string of the molecule is COCC(C)NC(=O)CCn1c(C)nc2c(cnn2-c2ccccc2)c1=O. The molecule has 1 aromatic carbocycles. The smallest absolute Gasteiger partial charge is 0.264 e. The number of methoxy groups -OCH3 is 1. The predicted octanol–water partition coefficient (Wildman–Crippen LogP) is 1.43. The molecule has 0 aliphatic carbocycles. The summed E-state index contributed by atoms with van der Waals surface area (Å²) >= 11 is 0. The summed E-state index contributed by atoms with van der Waals surface area (Å²) in [5.41, 5.74) is 1.15. The molecule has 0 bridgehead atoms. The monoisotopic (exact) mass is 369 g/mol. The molecule has 3 aromatic rings. The topological polar surface area (TPSA) is 91.0 Å². The molecule has 0 aliphatic rings. The number of ether oxygens (including phenoxy) is 1. The van der Waals surface area contributed by atoms with Crippen LogP contribution >= 0.6 is 0 Å². The van der Waals surface area contributed by atoms with Gasteiger partial charge >= 0.3 is 0 Å². The zero-order valence-electron chi connectivity index (χ0n) is 15.7. The lowest BCUT2D eigenvalue weighted by Gasteiger charge is -2.14. The molecule has 3 rings (SSSR count). The number of hydrogen-bond donors (Lipinski definition) is 1. The van der Waals surface area contributed by atoms with Crippen LogP contribution in [0.5, 0.6) is 0 Å². The average Bonchev–Trinajstić information content (AvgIpc) is 3.06. The highest BCUT2D eigenvalue weighted by atomic mass is 16.5. The maximum absolute atomic E-state index is 12.8. The first-order chi connectivity index (χ1) is 13.0. The van der Waals surface area contributed by atoms with Crippen molar-refractivity contribution in [2.45, 2.75) is 32.9 Å². The number of carbonyl (C=O) groups is 1. The summed E-state index contributed by atoms with van der Waals surface area (Å²) in [7, 11) is 1.59. The maximum Gasteiger partial charge on any atom is 0.264 e. The Balaban J connectivity index is 1.84. The molecule has 1 amide bonds. The molecule has 0 radical (unpaired) electrons. The van der Waals surface area contributed by atoms with Gasteiger partial charge in [-0.1, -0.05) is 18.2 Å². The molecule has 2 heterocycles. The Bertz CT molecular complexity index is 994. The average molecular weight is 369 g/mol. The number of carbonyl (C=O) groups excluding carboxylic acids is 1. The third kappa shape index (κ3) is 4.06. The van der Waals surface area contributed by atoms with Crippen molar-refractivity contribution in [3.05, 3.63) is 52.7 Å². The molecule has 8 heteroatoms. The molecule has 1 atom stereocenters. The van der Waals surface area contributed by atoms with Gasteiger partial charge in [-0.05, 0) is 26.0 Å². The van der Waals surface area contributed by atoms with Crippen LogP contribution in [-0.4, -0.2) is 45.0 Å². The van der Waals surface area contributed by atoms with Gasteiger partial charge in [0.15, 0.2) is 5.65 Å². The Morgan fingerprint density at radius 3 is 2.74 bits per heavy atom. The van der Waals surface area contributed by atoms with Crippen molar-refractivity contribution < 1.29 is 9.53 Å². The Hall–Kier alpha value is -3.00. The summed E-state index contributed by atoms with van der Waals surface area (Å²) in [5.74, 6) is 0.411. The van der Waals surface area contributed by atoms with Crippen LogP contribution in [0.1, 0.15) is 19.2 Å². The fourth-order valence-electron chi connectivity index (χ4n) is 2.98. The minimum atomic E-state index is -0.197. The molecule has 8 nitrogen and oxygen atoms in total. The van der Waals surface area contributed by atoms with Crippen LogP contribution in [0.15, 0.2) is 41.3 Å². The third-order valence-electron chi connectivity index (χ3n) is 4.27. The Morgan fingerprint density at radius 1 is 1.30 bits per heavy atom. The number of aryl methyl sites for hydroxylation is 1. The molecule has 1 N–H and O–H groups in total. The molecule has 27 heavy (non-hydrogen) atoms. The van der Waals surface area contributed by atoms with E-state index in [1.807, 2.05) is 37.3 Å². The van der Waals surface area contributed by atoms with Gasteiger partial charge in [-0.15, -0.1) is 0 Å². The van der Waals surface area contributed by atoms with E-state index in [-0.39, 0.29) is 30.5 Å². The minimum Gasteiger partial charge on any atom is -0.383 e. The summed E-state index contributed by atoms with van der Waals surface area (Å²) < 4.78 is 8.16. The lowest BCUT2D eigenvalue weighted by molar-refractivity contribution is -0.122. The molecule has 0 aliphatic heterocycles. The molecule has 1 unspecified atom stereocenters. The van der Waals surface area contributed by atoms with Crippen molar-refractivity contribution >= 4 is 16.9 Å². The summed E-state index contributed by atoms with van der Waals surface area (Å²) in [5, 5.41) is 7.58. The van der Waals surface area contributed by atoms with Crippen LogP contribution in [-0.2, 0) is 16.1 Å². The van der Waals surface area contributed by atoms with E-state index < -0.39 is 0 Å². The first-order valence-electron chi connectivity index (χ1n) is 8.80. The lowest BCUT2D eigenvalue weighted by atomic mass is 10.3. The molecule has 0 spiro atoms. The van der Waals surface area contributed by atoms with E-state index in [0.717, 1.165) is 5.69 Å². The highest BCUT2D eigenvalue weighted by Crippen LogP contribution is 2.14. The standard InChI is InChI=1S/C19H23N5O3/c1-13(12-27-3)21-17(25)9-10-23-14(2)22-18-16(19(23)26)11-20-24(18)15-7-5-4-6-8-15/h4-8,11,13H,9-10,12H2,1-3H3,(H,21,25). The third-order valence-corrected chi connectivity index (χ3v) is 4.27. The van der Waals surface area contributed by atoms with Gasteiger partial charge in [0.25, 0.3) is 5.56 Å². The summed E-state index contributed by atoms with van der Waals surface area (Å²) in [6.45, 7) is 4.32. The Labute approximate surface area is 156 Å². The minimum absolute atomic E-state index is 0.0787. The highest BCUT2D eigenvalue weighted by molar-refractivity contribution is 5.77. The van der Waals surface area contributed by atoms with Crippen molar-refractivity contribution in [2.24, 2.45) is 0 Å². The maximum atomic E-state index is 12.8. The second kappa shape index (κ2) is 8.13. The van der Waals surface area contributed by atoms with Crippen molar-refractivity contribution in [1.29, 1.82) is 0 Å². The number of hydrogen-bond acceptors (Lipinski definition) is 5. The van der Waals surface area contributed by atoms with E-state index in [4.69, 9.17) is 4.74 Å². The van der Waals surface area contributed by atoms with Crippen molar-refractivity contribution in [3.63, 3.8) is 0 Å². The lowest BCUT2D eigenvalue weighted by Crippen LogP contribution is -2.36. The molecule has 0 fully saturated rings. The van der Waals surface area contributed by atoms with E-state index in [0.29, 0.717) is 23.5 Å². The molecular formula is C19H23N5O3. The summed E-state index contributed by atoms with van der Waals surface area (Å²) in [4.78, 5) is 29.5. The summed E-state index contributed by atoms with van der Waals surface area (Å²) in [6.07, 6.45) is 1.71. The fourth-order valence-corrected chi connectivity index (χ4v) is 2.98. The second-order valence-electron chi connectivity index (χ2n) is 6.42. The van der Waals surface area contributed by atoms with Gasteiger partial charge in [-0.3, -0.25) is 14.2 Å². The van der Waals surface area contributed by atoms with Crippen LogP contribution in [0.4, 0.5) is 0 Å². The summed E-state index contributed by atoms with van der Waals surface area (Å²) in [6, 6.07) is 9.45. The molecule has 142 valence electrons. The van der Waals surface area contributed by atoms with Crippen molar-refractivity contribution in [1.82, 2.24) is 24.6 Å². The fraction of sp³-hybridized carbons (Fsp3) is 0.368.